The second-order valence-electron chi connectivity index (χ2n) is 5.46. The van der Waals surface area contributed by atoms with E-state index in [9.17, 15) is 0 Å². The number of hydrogen-bond acceptors (Lipinski definition) is 5. The number of aromatic nitrogens is 3. The van der Waals surface area contributed by atoms with Gasteiger partial charge in [-0.1, -0.05) is 0 Å². The molecule has 0 atom stereocenters. The molecule has 0 aromatic carbocycles. The van der Waals surface area contributed by atoms with Gasteiger partial charge < -0.3 is 9.64 Å². The zero-order valence-electron chi connectivity index (χ0n) is 12.8. The van der Waals surface area contributed by atoms with Crippen molar-refractivity contribution >= 4 is 5.95 Å². The van der Waals surface area contributed by atoms with E-state index in [0.717, 1.165) is 30.0 Å². The molecule has 1 aliphatic rings. The molecule has 0 saturated carbocycles. The van der Waals surface area contributed by atoms with Crippen LogP contribution in [0.2, 0.25) is 0 Å². The molecule has 0 unspecified atom stereocenters. The minimum Gasteiger partial charge on any atom is -0.481 e. The van der Waals surface area contributed by atoms with Crippen LogP contribution in [-0.4, -0.2) is 36.2 Å². The van der Waals surface area contributed by atoms with E-state index in [4.69, 9.17) is 14.7 Å². The number of ether oxygens (including phenoxy) is 1. The van der Waals surface area contributed by atoms with Gasteiger partial charge in [0.25, 0.3) is 0 Å². The Morgan fingerprint density at radius 3 is 2.71 bits per heavy atom. The van der Waals surface area contributed by atoms with E-state index in [1.807, 2.05) is 31.1 Å². The molecule has 0 N–H and O–H groups in total. The van der Waals surface area contributed by atoms with Crippen molar-refractivity contribution < 1.29 is 4.74 Å². The Morgan fingerprint density at radius 2 is 1.95 bits per heavy atom. The SMILES string of the molecule is COc1ncccc1-c1nc(N(C)C)nc2c1CCCC2. The molecule has 0 bridgehead atoms. The molecule has 1 aliphatic carbocycles. The van der Waals surface area contributed by atoms with Crippen LogP contribution in [0.4, 0.5) is 5.95 Å². The summed E-state index contributed by atoms with van der Waals surface area (Å²) in [5.74, 6) is 1.37. The average Bonchev–Trinajstić information content (AvgIpc) is 2.53. The first-order chi connectivity index (χ1) is 10.2. The summed E-state index contributed by atoms with van der Waals surface area (Å²) in [5, 5.41) is 0. The summed E-state index contributed by atoms with van der Waals surface area (Å²) in [4.78, 5) is 15.7. The average molecular weight is 284 g/mol. The van der Waals surface area contributed by atoms with E-state index in [1.165, 1.54) is 24.1 Å². The lowest BCUT2D eigenvalue weighted by Gasteiger charge is -2.21. The van der Waals surface area contributed by atoms with E-state index >= 15 is 0 Å². The van der Waals surface area contributed by atoms with Crippen LogP contribution >= 0.6 is 0 Å². The summed E-state index contributed by atoms with van der Waals surface area (Å²) in [5.41, 5.74) is 4.33. The standard InChI is InChI=1S/C16H20N4O/c1-20(2)16-18-13-9-5-4-7-11(13)14(19-16)12-8-6-10-17-15(12)21-3/h6,8,10H,4-5,7,9H2,1-3H3. The number of hydrogen-bond donors (Lipinski definition) is 0. The number of methoxy groups -OCH3 is 1. The Morgan fingerprint density at radius 1 is 1.14 bits per heavy atom. The monoisotopic (exact) mass is 284 g/mol. The van der Waals surface area contributed by atoms with Gasteiger partial charge in [0.05, 0.1) is 18.4 Å². The smallest absolute Gasteiger partial charge is 0.225 e. The molecule has 0 radical (unpaired) electrons. The lowest BCUT2D eigenvalue weighted by atomic mass is 9.92. The molecule has 0 aliphatic heterocycles. The molecular weight excluding hydrogens is 264 g/mol. The maximum atomic E-state index is 5.41. The third kappa shape index (κ3) is 2.55. The van der Waals surface area contributed by atoms with E-state index < -0.39 is 0 Å². The van der Waals surface area contributed by atoms with Crippen molar-refractivity contribution in [3.63, 3.8) is 0 Å². The predicted molar refractivity (Wildman–Crippen MR) is 82.8 cm³/mol. The summed E-state index contributed by atoms with van der Waals surface area (Å²) < 4.78 is 5.41. The fraction of sp³-hybridized carbons (Fsp3) is 0.438. The first kappa shape index (κ1) is 13.8. The normalized spacial score (nSPS) is 13.7. The number of nitrogens with zero attached hydrogens (tertiary/aromatic N) is 4. The van der Waals surface area contributed by atoms with Gasteiger partial charge in [-0.3, -0.25) is 0 Å². The molecule has 5 nitrogen and oxygen atoms in total. The highest BCUT2D eigenvalue weighted by atomic mass is 16.5. The van der Waals surface area contributed by atoms with E-state index in [0.29, 0.717) is 5.88 Å². The molecule has 21 heavy (non-hydrogen) atoms. The highest BCUT2D eigenvalue weighted by Crippen LogP contribution is 2.34. The Bertz CT molecular complexity index is 655. The molecule has 2 aromatic rings. The minimum atomic E-state index is 0.619. The van der Waals surface area contributed by atoms with Gasteiger partial charge in [0, 0.05) is 31.5 Å². The number of pyridine rings is 1. The van der Waals surface area contributed by atoms with Gasteiger partial charge in [0.2, 0.25) is 11.8 Å². The third-order valence-corrected chi connectivity index (χ3v) is 3.79. The molecular formula is C16H20N4O. The Kier molecular flexibility index (Phi) is 3.73. The van der Waals surface area contributed by atoms with E-state index in [1.54, 1.807) is 13.3 Å². The second-order valence-corrected chi connectivity index (χ2v) is 5.46. The van der Waals surface area contributed by atoms with Crippen LogP contribution in [0, 0.1) is 0 Å². The molecule has 2 heterocycles. The van der Waals surface area contributed by atoms with Crippen LogP contribution in [0.5, 0.6) is 5.88 Å². The van der Waals surface area contributed by atoms with Crippen LogP contribution in [-0.2, 0) is 12.8 Å². The molecule has 0 saturated heterocycles. The molecule has 0 amide bonds. The summed E-state index contributed by atoms with van der Waals surface area (Å²) in [6.45, 7) is 0. The summed E-state index contributed by atoms with van der Waals surface area (Å²) in [7, 11) is 5.58. The van der Waals surface area contributed by atoms with Gasteiger partial charge in [0.1, 0.15) is 0 Å². The molecule has 2 aromatic heterocycles. The van der Waals surface area contributed by atoms with Crippen molar-refractivity contribution in [2.24, 2.45) is 0 Å². The maximum Gasteiger partial charge on any atom is 0.225 e. The van der Waals surface area contributed by atoms with Gasteiger partial charge >= 0.3 is 0 Å². The molecule has 3 rings (SSSR count). The third-order valence-electron chi connectivity index (χ3n) is 3.79. The van der Waals surface area contributed by atoms with Crippen molar-refractivity contribution in [2.45, 2.75) is 25.7 Å². The summed E-state index contributed by atoms with van der Waals surface area (Å²) in [6, 6.07) is 3.94. The maximum absolute atomic E-state index is 5.41. The molecule has 0 fully saturated rings. The van der Waals surface area contributed by atoms with E-state index in [2.05, 4.69) is 4.98 Å². The molecule has 0 spiro atoms. The zero-order valence-corrected chi connectivity index (χ0v) is 12.8. The lowest BCUT2D eigenvalue weighted by Crippen LogP contribution is -2.18. The van der Waals surface area contributed by atoms with Gasteiger partial charge in [0.15, 0.2) is 0 Å². The van der Waals surface area contributed by atoms with Crippen LogP contribution in [0.15, 0.2) is 18.3 Å². The molecule has 110 valence electrons. The minimum absolute atomic E-state index is 0.619. The Labute approximate surface area is 125 Å². The van der Waals surface area contributed by atoms with Gasteiger partial charge in [-0.05, 0) is 37.8 Å². The Hall–Kier alpha value is -2.17. The Balaban J connectivity index is 2.22. The molecule has 5 heteroatoms. The fourth-order valence-corrected chi connectivity index (χ4v) is 2.74. The van der Waals surface area contributed by atoms with Gasteiger partial charge in [-0.15, -0.1) is 0 Å². The van der Waals surface area contributed by atoms with Crippen LogP contribution < -0.4 is 9.64 Å². The number of rotatable bonds is 3. The number of aryl methyl sites for hydroxylation is 1. The van der Waals surface area contributed by atoms with Crippen molar-refractivity contribution in [1.82, 2.24) is 15.0 Å². The van der Waals surface area contributed by atoms with Crippen molar-refractivity contribution in [3.8, 4) is 17.1 Å². The van der Waals surface area contributed by atoms with Crippen LogP contribution in [0.25, 0.3) is 11.3 Å². The predicted octanol–water partition coefficient (Wildman–Crippen LogP) is 2.49. The van der Waals surface area contributed by atoms with Gasteiger partial charge in [-0.2, -0.15) is 0 Å². The van der Waals surface area contributed by atoms with E-state index in [-0.39, 0.29) is 0 Å². The van der Waals surface area contributed by atoms with Crippen LogP contribution in [0.3, 0.4) is 0 Å². The highest BCUT2D eigenvalue weighted by Gasteiger charge is 2.21. The van der Waals surface area contributed by atoms with Crippen molar-refractivity contribution in [1.29, 1.82) is 0 Å². The largest absolute Gasteiger partial charge is 0.481 e. The van der Waals surface area contributed by atoms with Gasteiger partial charge in [-0.25, -0.2) is 15.0 Å². The van der Waals surface area contributed by atoms with Crippen LogP contribution in [0.1, 0.15) is 24.1 Å². The first-order valence-electron chi connectivity index (χ1n) is 7.27. The highest BCUT2D eigenvalue weighted by molar-refractivity contribution is 5.70. The second kappa shape index (κ2) is 5.68. The topological polar surface area (TPSA) is 51.1 Å². The summed E-state index contributed by atoms with van der Waals surface area (Å²) >= 11 is 0. The first-order valence-corrected chi connectivity index (χ1v) is 7.27. The lowest BCUT2D eigenvalue weighted by molar-refractivity contribution is 0.399. The van der Waals surface area contributed by atoms with Crippen molar-refractivity contribution in [3.05, 3.63) is 29.6 Å². The number of fused-ring (bicyclic) bond motifs is 1. The van der Waals surface area contributed by atoms with Crippen molar-refractivity contribution in [2.75, 3.05) is 26.1 Å². The summed E-state index contributed by atoms with van der Waals surface area (Å²) in [6.07, 6.45) is 6.17. The zero-order chi connectivity index (χ0) is 14.8. The number of anilines is 1. The quantitative estimate of drug-likeness (QED) is 0.866. The fourth-order valence-electron chi connectivity index (χ4n) is 2.74.